The monoisotopic (exact) mass is 295 g/mol. The first-order chi connectivity index (χ1) is 9.86. The molecule has 1 aromatic rings. The molecule has 0 saturated heterocycles. The molecule has 0 spiro atoms. The summed E-state index contributed by atoms with van der Waals surface area (Å²) in [5.41, 5.74) is 6.74. The lowest BCUT2D eigenvalue weighted by molar-refractivity contribution is -0.143. The molecule has 2 unspecified atom stereocenters. The summed E-state index contributed by atoms with van der Waals surface area (Å²) in [7, 11) is 4.59. The third-order valence-electron chi connectivity index (χ3n) is 3.93. The fraction of sp³-hybridized carbons (Fsp3) is 0.562. The minimum Gasteiger partial charge on any atom is -0.493 e. The van der Waals surface area contributed by atoms with Crippen LogP contribution in [0.4, 0.5) is 0 Å². The summed E-state index contributed by atoms with van der Waals surface area (Å²) in [5, 5.41) is 0. The standard InChI is InChI=1S/C16H25NO4/c1-11(17)16(2,10-15(18)21-5)9-12-6-7-13(19-3)14(8-12)20-4/h6-8,11H,9-10,17H2,1-5H3. The number of rotatable bonds is 7. The highest BCUT2D eigenvalue weighted by Gasteiger charge is 2.32. The van der Waals surface area contributed by atoms with Crippen molar-refractivity contribution in [3.63, 3.8) is 0 Å². The van der Waals surface area contributed by atoms with Crippen molar-refractivity contribution in [1.29, 1.82) is 0 Å². The van der Waals surface area contributed by atoms with E-state index >= 15 is 0 Å². The highest BCUT2D eigenvalue weighted by Crippen LogP contribution is 2.34. The Morgan fingerprint density at radius 1 is 1.24 bits per heavy atom. The third kappa shape index (κ3) is 4.36. The van der Waals surface area contributed by atoms with Crippen molar-refractivity contribution < 1.29 is 19.0 Å². The van der Waals surface area contributed by atoms with Gasteiger partial charge in [-0.15, -0.1) is 0 Å². The highest BCUT2D eigenvalue weighted by atomic mass is 16.5. The van der Waals surface area contributed by atoms with E-state index in [4.69, 9.17) is 19.9 Å². The van der Waals surface area contributed by atoms with E-state index < -0.39 is 0 Å². The Labute approximate surface area is 126 Å². The van der Waals surface area contributed by atoms with Crippen LogP contribution in [-0.4, -0.2) is 33.3 Å². The predicted octanol–water partition coefficient (Wildman–Crippen LogP) is 2.16. The Kier molecular flexibility index (Phi) is 6.03. The van der Waals surface area contributed by atoms with Crippen LogP contribution in [0.25, 0.3) is 0 Å². The van der Waals surface area contributed by atoms with Crippen molar-refractivity contribution >= 4 is 5.97 Å². The maximum atomic E-state index is 11.6. The summed E-state index contributed by atoms with van der Waals surface area (Å²) in [4.78, 5) is 11.6. The van der Waals surface area contributed by atoms with Crippen molar-refractivity contribution in [2.75, 3.05) is 21.3 Å². The molecule has 0 fully saturated rings. The van der Waals surface area contributed by atoms with Gasteiger partial charge in [0.2, 0.25) is 0 Å². The zero-order valence-electron chi connectivity index (χ0n) is 13.4. The molecule has 0 aliphatic carbocycles. The lowest BCUT2D eigenvalue weighted by atomic mass is 9.75. The second-order valence-corrected chi connectivity index (χ2v) is 5.56. The molecule has 0 aliphatic heterocycles. The van der Waals surface area contributed by atoms with Crippen molar-refractivity contribution in [2.24, 2.45) is 11.1 Å². The molecule has 0 aliphatic rings. The molecule has 0 bridgehead atoms. The molecular formula is C16H25NO4. The van der Waals surface area contributed by atoms with Crippen LogP contribution < -0.4 is 15.2 Å². The Hall–Kier alpha value is -1.75. The number of methoxy groups -OCH3 is 3. The lowest BCUT2D eigenvalue weighted by Gasteiger charge is -2.32. The van der Waals surface area contributed by atoms with Crippen molar-refractivity contribution in [3.05, 3.63) is 23.8 Å². The number of nitrogens with two attached hydrogens (primary N) is 1. The van der Waals surface area contributed by atoms with E-state index in [1.54, 1.807) is 14.2 Å². The van der Waals surface area contributed by atoms with Gasteiger partial charge in [0.1, 0.15) is 0 Å². The van der Waals surface area contributed by atoms with Crippen molar-refractivity contribution in [1.82, 2.24) is 0 Å². The molecule has 5 nitrogen and oxygen atoms in total. The highest BCUT2D eigenvalue weighted by molar-refractivity contribution is 5.70. The van der Waals surface area contributed by atoms with Crippen molar-refractivity contribution in [3.8, 4) is 11.5 Å². The minimum atomic E-state index is -0.382. The molecule has 2 atom stereocenters. The summed E-state index contributed by atoms with van der Waals surface area (Å²) in [6.07, 6.45) is 0.926. The Morgan fingerprint density at radius 3 is 2.33 bits per heavy atom. The van der Waals surface area contributed by atoms with Crippen LogP contribution in [0.5, 0.6) is 11.5 Å². The van der Waals surface area contributed by atoms with Crippen LogP contribution in [0.2, 0.25) is 0 Å². The number of benzene rings is 1. The van der Waals surface area contributed by atoms with Gasteiger partial charge in [0.15, 0.2) is 11.5 Å². The van der Waals surface area contributed by atoms with Crippen LogP contribution in [-0.2, 0) is 16.0 Å². The van der Waals surface area contributed by atoms with Gasteiger partial charge < -0.3 is 19.9 Å². The smallest absolute Gasteiger partial charge is 0.306 e. The van der Waals surface area contributed by atoms with Crippen molar-refractivity contribution in [2.45, 2.75) is 32.7 Å². The summed E-state index contributed by atoms with van der Waals surface area (Å²) in [5.74, 6) is 1.09. The summed E-state index contributed by atoms with van der Waals surface area (Å²) in [6, 6.07) is 5.58. The van der Waals surface area contributed by atoms with Gasteiger partial charge in [0.05, 0.1) is 27.8 Å². The van der Waals surface area contributed by atoms with E-state index in [0.29, 0.717) is 17.9 Å². The molecule has 0 heterocycles. The molecular weight excluding hydrogens is 270 g/mol. The van der Waals surface area contributed by atoms with Crippen LogP contribution in [0.15, 0.2) is 18.2 Å². The molecule has 0 saturated carbocycles. The van der Waals surface area contributed by atoms with Gasteiger partial charge in [-0.3, -0.25) is 4.79 Å². The molecule has 1 rings (SSSR count). The largest absolute Gasteiger partial charge is 0.493 e. The van der Waals surface area contributed by atoms with Gasteiger partial charge in [-0.1, -0.05) is 13.0 Å². The SMILES string of the molecule is COC(=O)CC(C)(Cc1ccc(OC)c(OC)c1)C(C)N. The van der Waals surface area contributed by atoms with E-state index in [1.807, 2.05) is 32.0 Å². The predicted molar refractivity (Wildman–Crippen MR) is 81.6 cm³/mol. The molecule has 0 aromatic heterocycles. The lowest BCUT2D eigenvalue weighted by Crippen LogP contribution is -2.40. The third-order valence-corrected chi connectivity index (χ3v) is 3.93. The zero-order valence-corrected chi connectivity index (χ0v) is 13.4. The van der Waals surface area contributed by atoms with Crippen LogP contribution in [0.3, 0.4) is 0 Å². The van der Waals surface area contributed by atoms with Gasteiger partial charge in [-0.25, -0.2) is 0 Å². The fourth-order valence-corrected chi connectivity index (χ4v) is 2.24. The molecule has 21 heavy (non-hydrogen) atoms. The summed E-state index contributed by atoms with van der Waals surface area (Å²) in [6.45, 7) is 3.90. The molecule has 5 heteroatoms. The summed E-state index contributed by atoms with van der Waals surface area (Å²) >= 11 is 0. The number of hydrogen-bond acceptors (Lipinski definition) is 5. The summed E-state index contributed by atoms with van der Waals surface area (Å²) < 4.78 is 15.3. The number of carbonyl (C=O) groups is 1. The topological polar surface area (TPSA) is 70.8 Å². The van der Waals surface area contributed by atoms with Crippen LogP contribution in [0, 0.1) is 5.41 Å². The van der Waals surface area contributed by atoms with E-state index in [1.165, 1.54) is 7.11 Å². The maximum absolute atomic E-state index is 11.6. The van der Waals surface area contributed by atoms with Crippen LogP contribution in [0.1, 0.15) is 25.8 Å². The number of esters is 1. The fourth-order valence-electron chi connectivity index (χ4n) is 2.24. The van der Waals surface area contributed by atoms with Gasteiger partial charge in [0, 0.05) is 6.04 Å². The number of carbonyl (C=O) groups excluding carboxylic acids is 1. The van der Waals surface area contributed by atoms with E-state index in [2.05, 4.69) is 0 Å². The molecule has 1 aromatic carbocycles. The molecule has 118 valence electrons. The Bertz CT molecular complexity index is 487. The first-order valence-corrected chi connectivity index (χ1v) is 6.89. The zero-order chi connectivity index (χ0) is 16.0. The Balaban J connectivity index is 3.01. The van der Waals surface area contributed by atoms with Gasteiger partial charge in [-0.2, -0.15) is 0 Å². The minimum absolute atomic E-state index is 0.148. The van der Waals surface area contributed by atoms with E-state index in [9.17, 15) is 4.79 Å². The second-order valence-electron chi connectivity index (χ2n) is 5.56. The Morgan fingerprint density at radius 2 is 1.86 bits per heavy atom. The first kappa shape index (κ1) is 17.3. The molecule has 0 radical (unpaired) electrons. The van der Waals surface area contributed by atoms with Gasteiger partial charge in [-0.05, 0) is 36.5 Å². The van der Waals surface area contributed by atoms with Gasteiger partial charge in [0.25, 0.3) is 0 Å². The normalized spacial score (nSPS) is 15.0. The number of ether oxygens (including phenoxy) is 3. The maximum Gasteiger partial charge on any atom is 0.306 e. The van der Waals surface area contributed by atoms with Crippen LogP contribution >= 0.6 is 0 Å². The quantitative estimate of drug-likeness (QED) is 0.781. The van der Waals surface area contributed by atoms with Gasteiger partial charge >= 0.3 is 5.97 Å². The molecule has 2 N–H and O–H groups in total. The average molecular weight is 295 g/mol. The molecule has 0 amide bonds. The van der Waals surface area contributed by atoms with E-state index in [-0.39, 0.29) is 23.8 Å². The first-order valence-electron chi connectivity index (χ1n) is 6.89. The second kappa shape index (κ2) is 7.31. The number of hydrogen-bond donors (Lipinski definition) is 1. The average Bonchev–Trinajstić information content (AvgIpc) is 2.46. The van der Waals surface area contributed by atoms with E-state index in [0.717, 1.165) is 5.56 Å².